The van der Waals surface area contributed by atoms with Gasteiger partial charge in [0, 0.05) is 10.5 Å². The molecule has 5 heteroatoms. The summed E-state index contributed by atoms with van der Waals surface area (Å²) in [6.45, 7) is 4.00. The molecule has 1 aromatic rings. The van der Waals surface area contributed by atoms with Gasteiger partial charge in [-0.1, -0.05) is 32.0 Å². The Balaban J connectivity index is -0.000000284. The standard InChI is InChI=1S/C7H6O2S.C2H6.Hg.Na/c8-7(9)5-3-1-2-4-6(5)10;1-2;;/h1-4,10H,(H,8,9);1-2H3;;/q;;2*+1/p-1. The van der Waals surface area contributed by atoms with E-state index < -0.39 is 5.97 Å². The van der Waals surface area contributed by atoms with E-state index in [4.69, 9.17) is 0 Å². The van der Waals surface area contributed by atoms with E-state index >= 15 is 0 Å². The number of aromatic carboxylic acids is 1. The average molecular weight is 407 g/mol. The molecule has 0 unspecified atom stereocenters. The molecular formula is C9H11HgNaO2S+. The molecule has 1 aromatic carbocycles. The maximum atomic E-state index is 10.3. The zero-order chi connectivity index (χ0) is 9.56. The molecule has 0 saturated carbocycles. The van der Waals surface area contributed by atoms with Crippen LogP contribution in [0.2, 0.25) is 0 Å². The second-order valence-corrected chi connectivity index (χ2v) is 2.29. The fourth-order valence-corrected chi connectivity index (χ4v) is 0.898. The Bertz CT molecular complexity index is 269. The van der Waals surface area contributed by atoms with Gasteiger partial charge in [0.25, 0.3) is 0 Å². The number of carbonyl (C=O) groups is 1. The Labute approximate surface area is 133 Å². The van der Waals surface area contributed by atoms with Crippen molar-refractivity contribution in [1.29, 1.82) is 0 Å². The molecule has 0 atom stereocenters. The van der Waals surface area contributed by atoms with Gasteiger partial charge in [-0.3, -0.25) is 0 Å². The Kier molecular flexibility index (Phi) is 17.5. The van der Waals surface area contributed by atoms with Crippen LogP contribution in [0, 0.1) is 0 Å². The van der Waals surface area contributed by atoms with Crippen LogP contribution >= 0.6 is 12.6 Å². The summed E-state index contributed by atoms with van der Waals surface area (Å²) in [4.78, 5) is 10.7. The predicted molar refractivity (Wildman–Crippen MR) is 49.4 cm³/mol. The summed E-state index contributed by atoms with van der Waals surface area (Å²) in [5, 5.41) is 10.3. The number of hydrogen-bond acceptors (Lipinski definition) is 3. The number of carboxylic acids is 1. The van der Waals surface area contributed by atoms with Crippen LogP contribution in [0.15, 0.2) is 29.2 Å². The Morgan fingerprint density at radius 1 is 1.29 bits per heavy atom. The van der Waals surface area contributed by atoms with Gasteiger partial charge in [-0.2, -0.15) is 0 Å². The Morgan fingerprint density at radius 2 is 1.71 bits per heavy atom. The van der Waals surface area contributed by atoms with Crippen molar-refractivity contribution in [1.82, 2.24) is 0 Å². The zero-order valence-electron chi connectivity index (χ0n) is 8.78. The second kappa shape index (κ2) is 12.0. The molecule has 2 nitrogen and oxygen atoms in total. The maximum absolute atomic E-state index is 10.3. The van der Waals surface area contributed by atoms with Crippen molar-refractivity contribution in [3.05, 3.63) is 29.8 Å². The first-order chi connectivity index (χ1) is 5.72. The van der Waals surface area contributed by atoms with Crippen LogP contribution in [0.4, 0.5) is 0 Å². The van der Waals surface area contributed by atoms with Crippen LogP contribution in [0.5, 0.6) is 0 Å². The van der Waals surface area contributed by atoms with E-state index in [2.05, 4.69) is 12.6 Å². The zero-order valence-corrected chi connectivity index (χ0v) is 17.2. The van der Waals surface area contributed by atoms with Gasteiger partial charge in [0.05, 0.1) is 5.97 Å². The van der Waals surface area contributed by atoms with Crippen LogP contribution in [0.1, 0.15) is 24.2 Å². The third kappa shape index (κ3) is 7.29. The summed E-state index contributed by atoms with van der Waals surface area (Å²) in [6, 6.07) is 6.41. The molecule has 0 aliphatic carbocycles. The molecular weight excluding hydrogens is 396 g/mol. The van der Waals surface area contributed by atoms with Gasteiger partial charge in [-0.25, -0.2) is 0 Å². The van der Waals surface area contributed by atoms with E-state index in [1.807, 2.05) is 13.8 Å². The van der Waals surface area contributed by atoms with Gasteiger partial charge in [0.1, 0.15) is 0 Å². The third-order valence-electron chi connectivity index (χ3n) is 1.12. The normalized spacial score (nSPS) is 7.07. The van der Waals surface area contributed by atoms with Gasteiger partial charge in [-0.15, -0.1) is 12.6 Å². The number of benzene rings is 1. The van der Waals surface area contributed by atoms with Gasteiger partial charge in [0.15, 0.2) is 0 Å². The fraction of sp³-hybridized carbons (Fsp3) is 0.222. The quantitative estimate of drug-likeness (QED) is 0.449. The summed E-state index contributed by atoms with van der Waals surface area (Å²) in [5.74, 6) is -1.19. The van der Waals surface area contributed by atoms with Crippen molar-refractivity contribution >= 4 is 18.6 Å². The molecule has 0 aromatic heterocycles. The summed E-state index contributed by atoms with van der Waals surface area (Å²) in [5.41, 5.74) is 0.130. The van der Waals surface area contributed by atoms with Crippen molar-refractivity contribution in [2.75, 3.05) is 0 Å². The molecule has 14 heavy (non-hydrogen) atoms. The number of hydrogen-bond donors (Lipinski definition) is 1. The molecule has 67 valence electrons. The van der Waals surface area contributed by atoms with Crippen molar-refractivity contribution in [2.45, 2.75) is 18.7 Å². The Hall–Kier alpha value is 0.975. The minimum atomic E-state index is -1.19. The van der Waals surface area contributed by atoms with E-state index in [1.165, 1.54) is 6.07 Å². The molecule has 0 fully saturated rings. The topological polar surface area (TPSA) is 40.1 Å². The summed E-state index contributed by atoms with van der Waals surface area (Å²) < 4.78 is 0. The molecule has 1 rings (SSSR count). The number of rotatable bonds is 1. The molecule has 1 radical (unpaired) electrons. The smallest absolute Gasteiger partial charge is 0.545 e. The summed E-state index contributed by atoms with van der Waals surface area (Å²) in [7, 11) is 0. The van der Waals surface area contributed by atoms with E-state index in [0.717, 1.165) is 0 Å². The molecule has 0 aliphatic heterocycles. The number of carbonyl (C=O) groups excluding carboxylic acids is 1. The van der Waals surface area contributed by atoms with Gasteiger partial charge in [0.2, 0.25) is 0 Å². The van der Waals surface area contributed by atoms with Crippen molar-refractivity contribution in [2.24, 2.45) is 0 Å². The summed E-state index contributed by atoms with van der Waals surface area (Å²) in [6.07, 6.45) is 0. The van der Waals surface area contributed by atoms with Gasteiger partial charge in [-0.05, 0) is 6.07 Å². The van der Waals surface area contributed by atoms with E-state index in [1.54, 1.807) is 18.2 Å². The van der Waals surface area contributed by atoms with Gasteiger partial charge >= 0.3 is 57.2 Å². The predicted octanol–water partition coefficient (Wildman–Crippen LogP) is -1.63. The van der Waals surface area contributed by atoms with Gasteiger partial charge < -0.3 is 9.90 Å². The maximum Gasteiger partial charge on any atom is 1.00 e. The average Bonchev–Trinajstić information content (AvgIpc) is 2.08. The first-order valence-corrected chi connectivity index (χ1v) is 4.16. The van der Waals surface area contributed by atoms with Crippen molar-refractivity contribution in [3.63, 3.8) is 0 Å². The molecule has 0 N–H and O–H groups in total. The van der Waals surface area contributed by atoms with E-state index in [0.29, 0.717) is 4.90 Å². The molecule has 0 bridgehead atoms. The third-order valence-corrected chi connectivity index (χ3v) is 1.51. The second-order valence-electron chi connectivity index (χ2n) is 1.80. The molecule has 0 aliphatic rings. The number of thiol groups is 1. The molecule has 0 amide bonds. The fourth-order valence-electron chi connectivity index (χ4n) is 0.646. The Morgan fingerprint density at radius 3 is 2.00 bits per heavy atom. The van der Waals surface area contributed by atoms with Crippen molar-refractivity contribution in [3.8, 4) is 0 Å². The monoisotopic (exact) mass is 408 g/mol. The SMILES string of the molecule is CC.O=C([O-])c1ccccc1S.[Hg+].[Na+]. The minimum Gasteiger partial charge on any atom is -0.545 e. The van der Waals surface area contributed by atoms with Crippen LogP contribution in [0.25, 0.3) is 0 Å². The molecule has 0 heterocycles. The minimum absolute atomic E-state index is 0. The first-order valence-electron chi connectivity index (χ1n) is 3.71. The van der Waals surface area contributed by atoms with E-state index in [-0.39, 0.29) is 62.8 Å². The van der Waals surface area contributed by atoms with Crippen molar-refractivity contribution < 1.29 is 67.1 Å². The first kappa shape index (κ1) is 20.4. The van der Waals surface area contributed by atoms with E-state index in [9.17, 15) is 9.90 Å². The number of carboxylic acid groups (broad SMARTS) is 1. The van der Waals surface area contributed by atoms with Crippen LogP contribution in [-0.4, -0.2) is 5.97 Å². The van der Waals surface area contributed by atoms with Crippen LogP contribution in [0.3, 0.4) is 0 Å². The molecule has 0 saturated heterocycles. The molecule has 0 spiro atoms. The largest absolute Gasteiger partial charge is 1.00 e. The summed E-state index contributed by atoms with van der Waals surface area (Å²) >= 11 is 3.92. The van der Waals surface area contributed by atoms with Crippen LogP contribution < -0.4 is 34.7 Å². The van der Waals surface area contributed by atoms with Crippen LogP contribution in [-0.2, 0) is 27.7 Å².